The van der Waals surface area contributed by atoms with E-state index in [4.69, 9.17) is 34.1 Å². The number of nitrogens with zero attached hydrogens (tertiary/aromatic N) is 9. The van der Waals surface area contributed by atoms with Crippen molar-refractivity contribution in [2.24, 2.45) is 0 Å². The van der Waals surface area contributed by atoms with Crippen LogP contribution in [0.4, 0.5) is 5.82 Å². The molecule has 1 aliphatic carbocycles. The predicted molar refractivity (Wildman–Crippen MR) is 211 cm³/mol. The van der Waals surface area contributed by atoms with Gasteiger partial charge in [0, 0.05) is 71.5 Å². The molecule has 6 rings (SSSR count). The summed E-state index contributed by atoms with van der Waals surface area (Å²) in [5.41, 5.74) is 4.00. The molecule has 0 radical (unpaired) electrons. The highest BCUT2D eigenvalue weighted by molar-refractivity contribution is 6.76. The number of benzene rings is 1. The summed E-state index contributed by atoms with van der Waals surface area (Å²) in [7, 11) is -0.867. The Morgan fingerprint density at radius 1 is 0.887 bits per heavy atom. The number of rotatable bonds is 19. The van der Waals surface area contributed by atoms with Crippen LogP contribution in [0.3, 0.4) is 0 Å². The first kappa shape index (κ1) is 38.9. The number of tetrazole rings is 1. The van der Waals surface area contributed by atoms with Crippen LogP contribution >= 0.6 is 0 Å². The molecule has 5 aromatic rings. The second-order valence-electron chi connectivity index (χ2n) is 16.4. The van der Waals surface area contributed by atoms with E-state index in [-0.39, 0.29) is 5.92 Å². The molecule has 1 N–H and O–H groups in total. The van der Waals surface area contributed by atoms with Gasteiger partial charge in [-0.05, 0) is 60.3 Å². The minimum Gasteiger partial charge on any atom is -0.382 e. The van der Waals surface area contributed by atoms with Crippen molar-refractivity contribution in [2.45, 2.75) is 88.6 Å². The molecule has 16 heteroatoms. The van der Waals surface area contributed by atoms with Crippen molar-refractivity contribution in [3.05, 3.63) is 66.5 Å². The molecule has 1 aromatic carbocycles. The number of hydrogen-bond donors (Lipinski definition) is 1. The number of fused-ring (bicyclic) bond motifs is 1. The first-order valence-electron chi connectivity index (χ1n) is 18.7. The zero-order chi connectivity index (χ0) is 37.5. The van der Waals surface area contributed by atoms with E-state index in [2.05, 4.69) is 70.9 Å². The number of hydrogen-bond acceptors (Lipinski definition) is 11. The maximum absolute atomic E-state index is 6.45. The zero-order valence-electron chi connectivity index (χ0n) is 32.4. The lowest BCUT2D eigenvalue weighted by Gasteiger charge is -2.38. The molecule has 14 nitrogen and oxygen atoms in total. The number of para-hydroxylation sites is 1. The summed E-state index contributed by atoms with van der Waals surface area (Å²) in [4.78, 5) is 7.53. The standard InChI is InChI=1S/C37H56N10O4Si2/c1-48-17-18-51-37(36-41-43-44-42-36)15-13-29(14-16-37)33-23-34(45(27-49-19-21-52(2,3)4)28-50-20-22-53(5,6)7)47-35(40-33)32(25-39-47)30-24-38-46(26-30)31-11-9-8-10-12-31/h8-12,23-26,29H,13-22,27-28H2,1-7H3,(H,41,42,43,44). The average Bonchev–Trinajstić information content (AvgIpc) is 3.93. The molecule has 1 aliphatic rings. The fraction of sp³-hybridized carbons (Fsp3) is 0.568. The number of nitrogens with one attached hydrogen (secondary N) is 1. The van der Waals surface area contributed by atoms with Crippen molar-refractivity contribution in [1.82, 2.24) is 45.0 Å². The number of ether oxygens (including phenoxy) is 4. The van der Waals surface area contributed by atoms with E-state index in [0.29, 0.717) is 45.7 Å². The summed E-state index contributed by atoms with van der Waals surface area (Å²) >= 11 is 0. The third kappa shape index (κ3) is 10.0. The minimum atomic E-state index is -1.27. The molecule has 4 aromatic heterocycles. The Labute approximate surface area is 314 Å². The van der Waals surface area contributed by atoms with E-state index in [0.717, 1.165) is 71.7 Å². The Morgan fingerprint density at radius 3 is 2.21 bits per heavy atom. The van der Waals surface area contributed by atoms with Crippen LogP contribution in [0.5, 0.6) is 0 Å². The van der Waals surface area contributed by atoms with E-state index in [1.54, 1.807) is 7.11 Å². The molecule has 0 spiro atoms. The normalized spacial score (nSPS) is 18.2. The van der Waals surface area contributed by atoms with Gasteiger partial charge in [0.1, 0.15) is 24.9 Å². The number of aromatic nitrogens is 9. The molecule has 0 aliphatic heterocycles. The fourth-order valence-electron chi connectivity index (χ4n) is 6.56. The Morgan fingerprint density at radius 2 is 1.58 bits per heavy atom. The van der Waals surface area contributed by atoms with Gasteiger partial charge in [-0.1, -0.05) is 57.5 Å². The van der Waals surface area contributed by atoms with E-state index < -0.39 is 21.7 Å². The van der Waals surface area contributed by atoms with Crippen LogP contribution in [0.1, 0.15) is 43.1 Å². The Bertz CT molecular complexity index is 1840. The molecular formula is C37H56N10O4Si2. The first-order valence-corrected chi connectivity index (χ1v) is 26.1. The maximum atomic E-state index is 6.45. The Kier molecular flexibility index (Phi) is 12.6. The van der Waals surface area contributed by atoms with Crippen molar-refractivity contribution in [2.75, 3.05) is 51.9 Å². The molecule has 286 valence electrons. The Hall–Kier alpha value is -3.81. The van der Waals surface area contributed by atoms with Crippen LogP contribution in [0, 0.1) is 0 Å². The van der Waals surface area contributed by atoms with Crippen molar-refractivity contribution in [3.8, 4) is 16.8 Å². The van der Waals surface area contributed by atoms with Gasteiger partial charge in [-0.15, -0.1) is 5.10 Å². The summed E-state index contributed by atoms with van der Waals surface area (Å²) in [5.74, 6) is 1.72. The van der Waals surface area contributed by atoms with Crippen molar-refractivity contribution >= 4 is 27.6 Å². The molecule has 0 unspecified atom stereocenters. The van der Waals surface area contributed by atoms with Crippen molar-refractivity contribution in [3.63, 3.8) is 0 Å². The largest absolute Gasteiger partial charge is 0.382 e. The molecule has 0 saturated heterocycles. The second-order valence-corrected chi connectivity index (χ2v) is 27.7. The van der Waals surface area contributed by atoms with Crippen LogP contribution in [-0.4, -0.2) is 108 Å². The van der Waals surface area contributed by atoms with Crippen LogP contribution in [0.25, 0.3) is 22.5 Å². The highest BCUT2D eigenvalue weighted by atomic mass is 28.3. The van der Waals surface area contributed by atoms with Gasteiger partial charge in [-0.3, -0.25) is 0 Å². The summed E-state index contributed by atoms with van der Waals surface area (Å²) in [5, 5.41) is 24.6. The molecule has 0 amide bonds. The maximum Gasteiger partial charge on any atom is 0.180 e. The van der Waals surface area contributed by atoms with Crippen LogP contribution in [0.15, 0.2) is 55.0 Å². The van der Waals surface area contributed by atoms with Crippen molar-refractivity contribution < 1.29 is 18.9 Å². The second kappa shape index (κ2) is 17.1. The molecule has 4 heterocycles. The highest BCUT2D eigenvalue weighted by Crippen LogP contribution is 2.45. The molecular weight excluding hydrogens is 705 g/mol. The molecule has 1 saturated carbocycles. The topological polar surface area (TPSA) is 143 Å². The van der Waals surface area contributed by atoms with Gasteiger partial charge in [0.2, 0.25) is 0 Å². The summed E-state index contributed by atoms with van der Waals surface area (Å²) in [6.07, 6.45) is 8.96. The highest BCUT2D eigenvalue weighted by Gasteiger charge is 2.42. The van der Waals surface area contributed by atoms with Crippen molar-refractivity contribution in [1.29, 1.82) is 0 Å². The number of anilines is 1. The third-order valence-corrected chi connectivity index (χ3v) is 13.3. The van der Waals surface area contributed by atoms with Gasteiger partial charge in [-0.25, -0.2) is 14.8 Å². The van der Waals surface area contributed by atoms with E-state index in [9.17, 15) is 0 Å². The lowest BCUT2D eigenvalue weighted by molar-refractivity contribution is -0.0978. The summed E-state index contributed by atoms with van der Waals surface area (Å²) in [6, 6.07) is 14.5. The van der Waals surface area contributed by atoms with Gasteiger partial charge in [0.05, 0.1) is 31.3 Å². The predicted octanol–water partition coefficient (Wildman–Crippen LogP) is 6.74. The number of methoxy groups -OCH3 is 1. The lowest BCUT2D eigenvalue weighted by Crippen LogP contribution is -2.37. The Balaban J connectivity index is 1.35. The zero-order valence-corrected chi connectivity index (χ0v) is 34.4. The third-order valence-electron chi connectivity index (χ3n) is 9.85. The van der Waals surface area contributed by atoms with E-state index >= 15 is 0 Å². The SMILES string of the molecule is COCCOC1(c2nnn[nH]2)CCC(c2cc(N(COCC[Si](C)(C)C)COCC[Si](C)(C)C)n3ncc(-c4cnn(-c5ccccc5)c4)c3n2)CC1. The van der Waals surface area contributed by atoms with Crippen LogP contribution < -0.4 is 4.90 Å². The van der Waals surface area contributed by atoms with Gasteiger partial charge in [-0.2, -0.15) is 14.7 Å². The molecule has 53 heavy (non-hydrogen) atoms. The quantitative estimate of drug-likeness (QED) is 0.0543. The first-order chi connectivity index (χ1) is 25.4. The monoisotopic (exact) mass is 760 g/mol. The number of aromatic amines is 1. The van der Waals surface area contributed by atoms with E-state index in [1.165, 1.54) is 0 Å². The summed E-state index contributed by atoms with van der Waals surface area (Å²) < 4.78 is 28.3. The molecule has 0 atom stereocenters. The minimum absolute atomic E-state index is 0.172. The van der Waals surface area contributed by atoms with Gasteiger partial charge in [0.15, 0.2) is 11.5 Å². The van der Waals surface area contributed by atoms with Gasteiger partial charge >= 0.3 is 0 Å². The molecule has 0 bridgehead atoms. The van der Waals surface area contributed by atoms with Crippen LogP contribution in [-0.2, 0) is 24.5 Å². The fourth-order valence-corrected chi connectivity index (χ4v) is 8.08. The molecule has 1 fully saturated rings. The smallest absolute Gasteiger partial charge is 0.180 e. The van der Waals surface area contributed by atoms with Gasteiger partial charge in [0.25, 0.3) is 0 Å². The number of H-pyrrole nitrogens is 1. The van der Waals surface area contributed by atoms with E-state index in [1.807, 2.05) is 58.1 Å². The van der Waals surface area contributed by atoms with Crippen LogP contribution in [0.2, 0.25) is 51.4 Å². The summed E-state index contributed by atoms with van der Waals surface area (Å²) in [6.45, 7) is 17.4. The average molecular weight is 761 g/mol. The lowest BCUT2D eigenvalue weighted by atomic mass is 9.76. The van der Waals surface area contributed by atoms with Gasteiger partial charge < -0.3 is 23.8 Å².